The number of hydrogen-bond acceptors (Lipinski definition) is 3. The number of aliphatic hydroxyl groups is 1. The molecule has 0 atom stereocenters. The van der Waals surface area contributed by atoms with E-state index in [1.54, 1.807) is 11.3 Å². The van der Waals surface area contributed by atoms with Crippen molar-refractivity contribution in [1.82, 2.24) is 5.32 Å². The number of thiophene rings is 1. The topological polar surface area (TPSA) is 49.3 Å². The van der Waals surface area contributed by atoms with E-state index >= 15 is 0 Å². The maximum atomic E-state index is 11.8. The first-order valence-electron chi connectivity index (χ1n) is 6.34. The van der Waals surface area contributed by atoms with Crippen LogP contribution in [0.4, 0.5) is 0 Å². The summed E-state index contributed by atoms with van der Waals surface area (Å²) in [6, 6.07) is 2.16. The molecule has 1 aliphatic rings. The van der Waals surface area contributed by atoms with Gasteiger partial charge in [0.1, 0.15) is 0 Å². The summed E-state index contributed by atoms with van der Waals surface area (Å²) in [5.74, 6) is 0.0981. The van der Waals surface area contributed by atoms with Gasteiger partial charge in [0, 0.05) is 22.7 Å². The van der Waals surface area contributed by atoms with Gasteiger partial charge in [0.15, 0.2) is 0 Å². The average molecular weight is 288 g/mol. The van der Waals surface area contributed by atoms with Crippen LogP contribution in [0, 0.1) is 0 Å². The minimum absolute atomic E-state index is 0.0981. The number of aryl methyl sites for hydroxylation is 1. The summed E-state index contributed by atoms with van der Waals surface area (Å²) in [4.78, 5) is 12.9. The average Bonchev–Trinajstić information content (AvgIpc) is 2.76. The van der Waals surface area contributed by atoms with Gasteiger partial charge < -0.3 is 10.4 Å². The van der Waals surface area contributed by atoms with E-state index in [-0.39, 0.29) is 18.1 Å². The first-order chi connectivity index (χ1) is 8.63. The summed E-state index contributed by atoms with van der Waals surface area (Å²) < 4.78 is 0. The Morgan fingerprint density at radius 1 is 1.44 bits per heavy atom. The number of carbonyl (C=O) groups is 1. The molecule has 0 unspecified atom stereocenters. The van der Waals surface area contributed by atoms with Gasteiger partial charge in [-0.1, -0.05) is 11.6 Å². The Balaban J connectivity index is 1.69. The first-order valence-corrected chi connectivity index (χ1v) is 7.59. The number of hydrogen-bond donors (Lipinski definition) is 2. The molecule has 0 aliphatic heterocycles. The van der Waals surface area contributed by atoms with E-state index in [1.807, 2.05) is 11.4 Å². The molecule has 0 aromatic carbocycles. The van der Waals surface area contributed by atoms with Gasteiger partial charge in [-0.15, -0.1) is 11.3 Å². The van der Waals surface area contributed by atoms with Gasteiger partial charge in [0.25, 0.3) is 0 Å². The summed E-state index contributed by atoms with van der Waals surface area (Å²) in [7, 11) is 0. The second-order valence-corrected chi connectivity index (χ2v) is 6.24. The minimum Gasteiger partial charge on any atom is -0.393 e. The number of aliphatic hydroxyl groups excluding tert-OH is 1. The summed E-state index contributed by atoms with van der Waals surface area (Å²) in [6.07, 6.45) is 4.45. The van der Waals surface area contributed by atoms with Gasteiger partial charge in [-0.3, -0.25) is 4.79 Å². The Bertz CT molecular complexity index is 399. The molecule has 100 valence electrons. The van der Waals surface area contributed by atoms with Crippen molar-refractivity contribution in [2.24, 2.45) is 0 Å². The standard InChI is InChI=1S/C13H18ClNO2S/c14-9-7-12(18-8-9)5-6-13(17)15-10-1-3-11(16)4-2-10/h7-8,10-11,16H,1-6H2,(H,15,17). The van der Waals surface area contributed by atoms with Crippen LogP contribution in [0.1, 0.15) is 37.0 Å². The van der Waals surface area contributed by atoms with Crippen LogP contribution in [0.3, 0.4) is 0 Å². The summed E-state index contributed by atoms with van der Waals surface area (Å²) in [5, 5.41) is 15.1. The highest BCUT2D eigenvalue weighted by molar-refractivity contribution is 7.10. The fourth-order valence-electron chi connectivity index (χ4n) is 2.24. The fourth-order valence-corrected chi connectivity index (χ4v) is 3.32. The normalized spacial score (nSPS) is 23.9. The fraction of sp³-hybridized carbons (Fsp3) is 0.615. The molecule has 0 bridgehead atoms. The molecule has 2 rings (SSSR count). The van der Waals surface area contributed by atoms with Crippen molar-refractivity contribution in [3.05, 3.63) is 21.3 Å². The van der Waals surface area contributed by atoms with Gasteiger partial charge in [-0.05, 0) is 38.2 Å². The molecule has 2 N–H and O–H groups in total. The van der Waals surface area contributed by atoms with Crippen LogP contribution in [0.2, 0.25) is 5.02 Å². The zero-order valence-electron chi connectivity index (χ0n) is 10.2. The van der Waals surface area contributed by atoms with E-state index < -0.39 is 0 Å². The highest BCUT2D eigenvalue weighted by Crippen LogP contribution is 2.21. The lowest BCUT2D eigenvalue weighted by atomic mass is 9.93. The summed E-state index contributed by atoms with van der Waals surface area (Å²) in [6.45, 7) is 0. The smallest absolute Gasteiger partial charge is 0.220 e. The van der Waals surface area contributed by atoms with Crippen molar-refractivity contribution in [2.45, 2.75) is 50.7 Å². The van der Waals surface area contributed by atoms with Crippen LogP contribution >= 0.6 is 22.9 Å². The quantitative estimate of drug-likeness (QED) is 0.895. The number of carbonyl (C=O) groups excluding carboxylic acids is 1. The van der Waals surface area contributed by atoms with Crippen LogP contribution in [-0.4, -0.2) is 23.2 Å². The third-order valence-corrected chi connectivity index (χ3v) is 4.63. The van der Waals surface area contributed by atoms with Crippen LogP contribution in [0.5, 0.6) is 0 Å². The third-order valence-electron chi connectivity index (χ3n) is 3.28. The predicted octanol–water partition coefficient (Wildman–Crippen LogP) is 2.75. The summed E-state index contributed by atoms with van der Waals surface area (Å²) in [5.41, 5.74) is 0. The molecule has 1 aliphatic carbocycles. The molecule has 3 nitrogen and oxygen atoms in total. The number of nitrogens with one attached hydrogen (secondary N) is 1. The van der Waals surface area contributed by atoms with Crippen molar-refractivity contribution in [2.75, 3.05) is 0 Å². The number of halogens is 1. The van der Waals surface area contributed by atoms with Crippen LogP contribution in [0.15, 0.2) is 11.4 Å². The van der Waals surface area contributed by atoms with Crippen LogP contribution in [0.25, 0.3) is 0 Å². The van der Waals surface area contributed by atoms with E-state index in [0.717, 1.165) is 42.0 Å². The molecule has 1 amide bonds. The Morgan fingerprint density at radius 2 is 2.17 bits per heavy atom. The van der Waals surface area contributed by atoms with Crippen LogP contribution in [-0.2, 0) is 11.2 Å². The van der Waals surface area contributed by atoms with Gasteiger partial charge >= 0.3 is 0 Å². The van der Waals surface area contributed by atoms with Crippen molar-refractivity contribution >= 4 is 28.8 Å². The predicted molar refractivity (Wildman–Crippen MR) is 74.1 cm³/mol. The molecule has 0 saturated heterocycles. The second kappa shape index (κ2) is 6.55. The van der Waals surface area contributed by atoms with Gasteiger partial charge in [0.05, 0.1) is 11.1 Å². The Morgan fingerprint density at radius 3 is 2.78 bits per heavy atom. The van der Waals surface area contributed by atoms with Crippen molar-refractivity contribution in [3.63, 3.8) is 0 Å². The van der Waals surface area contributed by atoms with Crippen molar-refractivity contribution < 1.29 is 9.90 Å². The molecule has 1 fully saturated rings. The molecule has 1 heterocycles. The van der Waals surface area contributed by atoms with E-state index in [1.165, 1.54) is 0 Å². The molecule has 0 spiro atoms. The van der Waals surface area contributed by atoms with Gasteiger partial charge in [0.2, 0.25) is 5.91 Å². The Kier molecular flexibility index (Phi) is 5.03. The highest BCUT2D eigenvalue weighted by Gasteiger charge is 2.20. The van der Waals surface area contributed by atoms with Crippen molar-refractivity contribution in [1.29, 1.82) is 0 Å². The summed E-state index contributed by atoms with van der Waals surface area (Å²) >= 11 is 7.42. The molecular formula is C13H18ClNO2S. The highest BCUT2D eigenvalue weighted by atomic mass is 35.5. The van der Waals surface area contributed by atoms with Gasteiger partial charge in [-0.25, -0.2) is 0 Å². The van der Waals surface area contributed by atoms with E-state index in [0.29, 0.717) is 6.42 Å². The van der Waals surface area contributed by atoms with E-state index in [2.05, 4.69) is 5.32 Å². The molecule has 5 heteroatoms. The molecule has 0 radical (unpaired) electrons. The SMILES string of the molecule is O=C(CCc1cc(Cl)cs1)NC1CCC(O)CC1. The molecule has 18 heavy (non-hydrogen) atoms. The third kappa shape index (κ3) is 4.26. The largest absolute Gasteiger partial charge is 0.393 e. The Hall–Kier alpha value is -0.580. The lowest BCUT2D eigenvalue weighted by Gasteiger charge is -2.26. The maximum absolute atomic E-state index is 11.8. The number of amides is 1. The molecule has 1 aromatic rings. The zero-order chi connectivity index (χ0) is 13.0. The molecule has 1 saturated carbocycles. The Labute approximate surface area is 116 Å². The molecule has 1 aromatic heterocycles. The van der Waals surface area contributed by atoms with E-state index in [9.17, 15) is 9.90 Å². The lowest BCUT2D eigenvalue weighted by Crippen LogP contribution is -2.38. The van der Waals surface area contributed by atoms with Gasteiger partial charge in [-0.2, -0.15) is 0 Å². The zero-order valence-corrected chi connectivity index (χ0v) is 11.8. The monoisotopic (exact) mass is 287 g/mol. The maximum Gasteiger partial charge on any atom is 0.220 e. The molecular weight excluding hydrogens is 270 g/mol. The van der Waals surface area contributed by atoms with E-state index in [4.69, 9.17) is 11.6 Å². The minimum atomic E-state index is -0.175. The van der Waals surface area contributed by atoms with Crippen LogP contribution < -0.4 is 5.32 Å². The second-order valence-electron chi connectivity index (χ2n) is 4.80. The number of rotatable bonds is 4. The van der Waals surface area contributed by atoms with Crippen molar-refractivity contribution in [3.8, 4) is 0 Å². The first kappa shape index (κ1) is 13.8. The lowest BCUT2D eigenvalue weighted by molar-refractivity contribution is -0.122.